The molecule has 1 aromatic heterocycles. The number of hydrogen-bond acceptors (Lipinski definition) is 3. The molecule has 0 N–H and O–H groups in total. The van der Waals surface area contributed by atoms with Crippen molar-refractivity contribution in [1.29, 1.82) is 0 Å². The Bertz CT molecular complexity index is 861. The maximum Gasteiger partial charge on any atom is 0.257 e. The Balaban J connectivity index is 1.33. The molecule has 0 aliphatic carbocycles. The van der Waals surface area contributed by atoms with Gasteiger partial charge in [-0.1, -0.05) is 30.3 Å². The van der Waals surface area contributed by atoms with Gasteiger partial charge in [0.05, 0.1) is 11.8 Å². The molecule has 27 heavy (non-hydrogen) atoms. The summed E-state index contributed by atoms with van der Waals surface area (Å²) in [6.07, 6.45) is 6.59. The van der Waals surface area contributed by atoms with Gasteiger partial charge in [0.25, 0.3) is 5.91 Å². The molecule has 5 nitrogen and oxygen atoms in total. The summed E-state index contributed by atoms with van der Waals surface area (Å²) < 4.78 is 4.99. The Kier molecular flexibility index (Phi) is 4.84. The number of amides is 2. The summed E-state index contributed by atoms with van der Waals surface area (Å²) in [5, 5.41) is 0. The molecule has 2 aliphatic rings. The van der Waals surface area contributed by atoms with Gasteiger partial charge in [0.1, 0.15) is 6.26 Å². The minimum absolute atomic E-state index is 0.00280. The molecular weight excluding hydrogens is 340 g/mol. The maximum atomic E-state index is 12.9. The minimum atomic E-state index is -0.0145. The first-order chi connectivity index (χ1) is 13.1. The lowest BCUT2D eigenvalue weighted by Gasteiger charge is -2.33. The summed E-state index contributed by atoms with van der Waals surface area (Å²) in [4.78, 5) is 29.1. The Morgan fingerprint density at radius 3 is 2.56 bits per heavy atom. The number of rotatable bonds is 3. The van der Waals surface area contributed by atoms with Crippen molar-refractivity contribution < 1.29 is 14.0 Å². The number of nitrogens with zero attached hydrogens (tertiary/aromatic N) is 2. The zero-order chi connectivity index (χ0) is 18.8. The molecule has 0 atom stereocenters. The fraction of sp³-hybridized carbons (Fsp3) is 0.364. The van der Waals surface area contributed by atoms with Crippen LogP contribution in [0.1, 0.15) is 34.3 Å². The van der Waals surface area contributed by atoms with E-state index in [1.165, 1.54) is 29.2 Å². The van der Waals surface area contributed by atoms with Crippen molar-refractivity contribution in [2.45, 2.75) is 19.8 Å². The van der Waals surface area contributed by atoms with Gasteiger partial charge in [-0.05, 0) is 42.5 Å². The monoisotopic (exact) mass is 364 g/mol. The van der Waals surface area contributed by atoms with E-state index in [1.807, 2.05) is 21.9 Å². The Labute approximate surface area is 159 Å². The smallest absolute Gasteiger partial charge is 0.257 e. The quantitative estimate of drug-likeness (QED) is 0.839. The van der Waals surface area contributed by atoms with E-state index in [2.05, 4.69) is 25.1 Å². The molecule has 0 saturated carbocycles. The highest BCUT2D eigenvalue weighted by molar-refractivity contribution is 5.94. The first kappa shape index (κ1) is 17.6. The summed E-state index contributed by atoms with van der Waals surface area (Å²) in [7, 11) is 0. The van der Waals surface area contributed by atoms with Gasteiger partial charge in [0.15, 0.2) is 0 Å². The number of likely N-dealkylation sites (tertiary alicyclic amines) is 1. The number of piperidine rings is 1. The highest BCUT2D eigenvalue weighted by atomic mass is 16.3. The van der Waals surface area contributed by atoms with Crippen LogP contribution in [0.3, 0.4) is 0 Å². The summed E-state index contributed by atoms with van der Waals surface area (Å²) in [5.74, 6) is 0.201. The van der Waals surface area contributed by atoms with Crippen molar-refractivity contribution in [3.8, 4) is 0 Å². The zero-order valence-corrected chi connectivity index (χ0v) is 15.6. The normalized spacial score (nSPS) is 17.9. The fourth-order valence-corrected chi connectivity index (χ4v) is 4.01. The van der Waals surface area contributed by atoms with Crippen LogP contribution in [0.2, 0.25) is 0 Å². The first-order valence-electron chi connectivity index (χ1n) is 9.49. The van der Waals surface area contributed by atoms with Crippen LogP contribution in [0, 0.1) is 12.8 Å². The SMILES string of the molecule is Cc1ccccc1C1=CCN(C(=O)C2CCN(C(=O)c3ccoc3)CC2)C1. The average Bonchev–Trinajstić information content (AvgIpc) is 3.39. The first-order valence-corrected chi connectivity index (χ1v) is 9.49. The zero-order valence-electron chi connectivity index (χ0n) is 15.6. The number of furan rings is 1. The lowest BCUT2D eigenvalue weighted by atomic mass is 9.94. The highest BCUT2D eigenvalue weighted by Crippen LogP contribution is 2.27. The van der Waals surface area contributed by atoms with Gasteiger partial charge < -0.3 is 14.2 Å². The molecule has 4 rings (SSSR count). The van der Waals surface area contributed by atoms with Crippen LogP contribution in [-0.2, 0) is 4.79 Å². The van der Waals surface area contributed by atoms with Gasteiger partial charge >= 0.3 is 0 Å². The van der Waals surface area contributed by atoms with Gasteiger partial charge in [0.2, 0.25) is 5.91 Å². The second-order valence-corrected chi connectivity index (χ2v) is 7.34. The summed E-state index contributed by atoms with van der Waals surface area (Å²) >= 11 is 0. The third-order valence-corrected chi connectivity index (χ3v) is 5.62. The number of hydrogen-bond donors (Lipinski definition) is 0. The van der Waals surface area contributed by atoms with E-state index in [0.29, 0.717) is 31.7 Å². The standard InChI is InChI=1S/C22H24N2O3/c1-16-4-2-3-5-20(16)18-8-12-24(14-18)21(25)17-6-10-23(11-7-17)22(26)19-9-13-27-15-19/h2-5,8-9,13,15,17H,6-7,10-12,14H2,1H3. The molecule has 1 fully saturated rings. The van der Waals surface area contributed by atoms with E-state index in [0.717, 1.165) is 12.8 Å². The van der Waals surface area contributed by atoms with Crippen LogP contribution < -0.4 is 0 Å². The summed E-state index contributed by atoms with van der Waals surface area (Å²) in [6, 6.07) is 9.99. The van der Waals surface area contributed by atoms with Gasteiger partial charge in [-0.3, -0.25) is 9.59 Å². The van der Waals surface area contributed by atoms with E-state index in [1.54, 1.807) is 6.07 Å². The average molecular weight is 364 g/mol. The lowest BCUT2D eigenvalue weighted by Crippen LogP contribution is -2.44. The molecular formula is C22H24N2O3. The van der Waals surface area contributed by atoms with Gasteiger partial charge in [-0.15, -0.1) is 0 Å². The number of carbonyl (C=O) groups excluding carboxylic acids is 2. The van der Waals surface area contributed by atoms with E-state index in [4.69, 9.17) is 4.42 Å². The predicted molar refractivity (Wildman–Crippen MR) is 103 cm³/mol. The van der Waals surface area contributed by atoms with Crippen molar-refractivity contribution in [3.63, 3.8) is 0 Å². The minimum Gasteiger partial charge on any atom is -0.472 e. The summed E-state index contributed by atoms with van der Waals surface area (Å²) in [5.41, 5.74) is 4.28. The van der Waals surface area contributed by atoms with Crippen molar-refractivity contribution in [2.24, 2.45) is 5.92 Å². The van der Waals surface area contributed by atoms with Gasteiger partial charge in [-0.25, -0.2) is 0 Å². The second-order valence-electron chi connectivity index (χ2n) is 7.34. The topological polar surface area (TPSA) is 53.8 Å². The molecule has 5 heteroatoms. The Morgan fingerprint density at radius 1 is 1.07 bits per heavy atom. The van der Waals surface area contributed by atoms with E-state index >= 15 is 0 Å². The Morgan fingerprint density at radius 2 is 1.85 bits per heavy atom. The van der Waals surface area contributed by atoms with Crippen LogP contribution in [0.25, 0.3) is 5.57 Å². The van der Waals surface area contributed by atoms with Crippen molar-refractivity contribution in [3.05, 3.63) is 65.6 Å². The van der Waals surface area contributed by atoms with Crippen LogP contribution >= 0.6 is 0 Å². The van der Waals surface area contributed by atoms with Crippen molar-refractivity contribution in [1.82, 2.24) is 9.80 Å². The van der Waals surface area contributed by atoms with Crippen LogP contribution in [0.15, 0.2) is 53.4 Å². The number of aryl methyl sites for hydroxylation is 1. The molecule has 140 valence electrons. The van der Waals surface area contributed by atoms with Crippen LogP contribution in [-0.4, -0.2) is 47.8 Å². The van der Waals surface area contributed by atoms with E-state index < -0.39 is 0 Å². The molecule has 2 amide bonds. The molecule has 0 bridgehead atoms. The van der Waals surface area contributed by atoms with Gasteiger partial charge in [0, 0.05) is 32.1 Å². The second kappa shape index (κ2) is 7.43. The maximum absolute atomic E-state index is 12.9. The molecule has 2 aliphatic heterocycles. The molecule has 1 aromatic carbocycles. The largest absolute Gasteiger partial charge is 0.472 e. The predicted octanol–water partition coefficient (Wildman–Crippen LogP) is 3.37. The molecule has 0 spiro atoms. The van der Waals surface area contributed by atoms with E-state index in [9.17, 15) is 9.59 Å². The molecule has 2 aromatic rings. The number of carbonyl (C=O) groups is 2. The number of benzene rings is 1. The third-order valence-electron chi connectivity index (χ3n) is 5.62. The van der Waals surface area contributed by atoms with E-state index in [-0.39, 0.29) is 17.7 Å². The van der Waals surface area contributed by atoms with Crippen LogP contribution in [0.5, 0.6) is 0 Å². The lowest BCUT2D eigenvalue weighted by molar-refractivity contribution is -0.135. The van der Waals surface area contributed by atoms with Gasteiger partial charge in [-0.2, -0.15) is 0 Å². The molecule has 0 radical (unpaired) electrons. The fourth-order valence-electron chi connectivity index (χ4n) is 4.01. The molecule has 0 unspecified atom stereocenters. The Hall–Kier alpha value is -2.82. The van der Waals surface area contributed by atoms with Crippen LogP contribution in [0.4, 0.5) is 0 Å². The summed E-state index contributed by atoms with van der Waals surface area (Å²) in [6.45, 7) is 4.70. The molecule has 1 saturated heterocycles. The van der Waals surface area contributed by atoms with Crippen molar-refractivity contribution in [2.75, 3.05) is 26.2 Å². The van der Waals surface area contributed by atoms with Crippen molar-refractivity contribution >= 4 is 17.4 Å². The molecule has 3 heterocycles. The highest BCUT2D eigenvalue weighted by Gasteiger charge is 2.32. The third kappa shape index (κ3) is 3.54.